The molecule has 0 amide bonds. The van der Waals surface area contributed by atoms with E-state index in [-0.39, 0.29) is 0 Å². The van der Waals surface area contributed by atoms with Crippen LogP contribution < -0.4 is 10.6 Å². The highest BCUT2D eigenvalue weighted by Gasteiger charge is 2.18. The number of fused-ring (bicyclic) bond motifs is 1. The van der Waals surface area contributed by atoms with Gasteiger partial charge < -0.3 is 4.42 Å². The molecule has 100 valence electrons. The number of thioether (sulfide) groups is 1. The molecule has 3 heteroatoms. The lowest BCUT2D eigenvalue weighted by molar-refractivity contribution is 0.530. The predicted molar refractivity (Wildman–Crippen MR) is 82.6 cm³/mol. The van der Waals surface area contributed by atoms with Crippen LogP contribution in [-0.2, 0) is 0 Å². The molecule has 2 nitrogen and oxygen atoms in total. The van der Waals surface area contributed by atoms with E-state index >= 15 is 0 Å². The van der Waals surface area contributed by atoms with Crippen molar-refractivity contribution in [3.05, 3.63) is 57.4 Å². The minimum Gasteiger partial charge on any atom is -0.463 e. The Bertz CT molecular complexity index is 829. The van der Waals surface area contributed by atoms with Crippen molar-refractivity contribution in [2.45, 2.75) is 20.8 Å². The third-order valence-electron chi connectivity index (χ3n) is 3.60. The van der Waals surface area contributed by atoms with E-state index in [1.165, 1.54) is 22.3 Å². The third kappa shape index (κ3) is 1.97. The number of benzene rings is 1. The van der Waals surface area contributed by atoms with Crippen molar-refractivity contribution in [1.82, 2.24) is 0 Å². The molecule has 0 bridgehead atoms. The summed E-state index contributed by atoms with van der Waals surface area (Å²) in [6.07, 6.45) is 1.67. The molecule has 0 atom stereocenters. The zero-order chi connectivity index (χ0) is 14.3. The molecule has 1 aliphatic heterocycles. The van der Waals surface area contributed by atoms with Crippen LogP contribution in [0.15, 0.2) is 28.9 Å². The summed E-state index contributed by atoms with van der Waals surface area (Å²) in [6.45, 7) is 6.38. The van der Waals surface area contributed by atoms with Crippen molar-refractivity contribution in [3.8, 4) is 6.07 Å². The van der Waals surface area contributed by atoms with Gasteiger partial charge in [0, 0.05) is 11.0 Å². The molecule has 1 aromatic heterocycles. The Balaban J connectivity index is 2.40. The summed E-state index contributed by atoms with van der Waals surface area (Å²) in [5.41, 5.74) is 6.67. The zero-order valence-corrected chi connectivity index (χ0v) is 12.6. The van der Waals surface area contributed by atoms with Crippen molar-refractivity contribution < 1.29 is 4.42 Å². The van der Waals surface area contributed by atoms with E-state index in [9.17, 15) is 5.26 Å². The molecule has 2 heterocycles. The second-order valence-corrected chi connectivity index (χ2v) is 6.13. The number of nitrogens with zero attached hydrogens (tertiary/aromatic N) is 1. The highest BCUT2D eigenvalue weighted by Crippen LogP contribution is 2.33. The highest BCUT2D eigenvalue weighted by atomic mass is 32.2. The van der Waals surface area contributed by atoms with Gasteiger partial charge >= 0.3 is 0 Å². The van der Waals surface area contributed by atoms with Crippen molar-refractivity contribution in [3.63, 3.8) is 0 Å². The van der Waals surface area contributed by atoms with Crippen LogP contribution in [0.2, 0.25) is 0 Å². The number of furan rings is 1. The van der Waals surface area contributed by atoms with Crippen LogP contribution in [-0.4, -0.2) is 5.75 Å². The number of hydrogen-bond donors (Lipinski definition) is 0. The van der Waals surface area contributed by atoms with Crippen LogP contribution >= 0.6 is 11.8 Å². The molecule has 0 fully saturated rings. The van der Waals surface area contributed by atoms with Gasteiger partial charge in [-0.15, -0.1) is 11.8 Å². The Hall–Kier alpha value is -1.92. The maximum Gasteiger partial charge on any atom is 0.149 e. The molecule has 0 saturated carbocycles. The molecule has 0 aliphatic carbocycles. The molecule has 0 saturated heterocycles. The van der Waals surface area contributed by atoms with Gasteiger partial charge in [0.25, 0.3) is 0 Å². The van der Waals surface area contributed by atoms with Crippen LogP contribution in [0.25, 0.3) is 10.5 Å². The van der Waals surface area contributed by atoms with E-state index in [2.05, 4.69) is 39.0 Å². The monoisotopic (exact) mass is 281 g/mol. The predicted octanol–water partition coefficient (Wildman–Crippen LogP) is 2.78. The van der Waals surface area contributed by atoms with Gasteiger partial charge in [-0.25, -0.2) is 0 Å². The first-order valence-electron chi connectivity index (χ1n) is 6.54. The summed E-state index contributed by atoms with van der Waals surface area (Å²) in [4.78, 5) is 1.15. The molecule has 3 rings (SSSR count). The summed E-state index contributed by atoms with van der Waals surface area (Å²) in [5.74, 6) is 0.713. The Kier molecular flexibility index (Phi) is 3.19. The number of nitriles is 1. The fourth-order valence-electron chi connectivity index (χ4n) is 2.83. The number of hydrogen-bond acceptors (Lipinski definition) is 3. The van der Waals surface area contributed by atoms with Crippen molar-refractivity contribution >= 4 is 22.2 Å². The van der Waals surface area contributed by atoms with Gasteiger partial charge in [0.05, 0.1) is 22.8 Å². The molecule has 0 unspecified atom stereocenters. The molecule has 1 aromatic carbocycles. The van der Waals surface area contributed by atoms with Crippen LogP contribution in [0.3, 0.4) is 0 Å². The average Bonchev–Trinajstić information content (AvgIpc) is 2.87. The normalized spacial score (nSPS) is 14.1. The van der Waals surface area contributed by atoms with Gasteiger partial charge in [0.15, 0.2) is 0 Å². The summed E-state index contributed by atoms with van der Waals surface area (Å²) in [6, 6.07) is 8.57. The van der Waals surface area contributed by atoms with Gasteiger partial charge in [-0.05, 0) is 43.5 Å². The molecule has 0 spiro atoms. The van der Waals surface area contributed by atoms with Gasteiger partial charge in [0.2, 0.25) is 0 Å². The maximum absolute atomic E-state index is 9.21. The van der Waals surface area contributed by atoms with E-state index in [4.69, 9.17) is 4.42 Å². The first kappa shape index (κ1) is 13.1. The smallest absolute Gasteiger partial charge is 0.149 e. The fourth-order valence-corrected chi connectivity index (χ4v) is 4.09. The van der Waals surface area contributed by atoms with Gasteiger partial charge in [-0.1, -0.05) is 17.7 Å². The molecule has 0 N–H and O–H groups in total. The van der Waals surface area contributed by atoms with E-state index in [1.54, 1.807) is 18.0 Å². The quantitative estimate of drug-likeness (QED) is 0.806. The standard InChI is InChI=1S/C17H15NOS/c1-10-6-11(2)15(12(3)7-10)17-16-14(4-5-19-16)13(8-18)9-20-17/h4-7H,9H2,1-3H3. The van der Waals surface area contributed by atoms with E-state index in [0.29, 0.717) is 5.75 Å². The Labute approximate surface area is 122 Å². The van der Waals surface area contributed by atoms with Gasteiger partial charge in [0.1, 0.15) is 5.42 Å². The SMILES string of the molecule is Cc1cc(C)c(C2=c3occc3=C(C#N)CS2)c(C)c1. The van der Waals surface area contributed by atoms with Crippen LogP contribution in [0, 0.1) is 32.1 Å². The summed E-state index contributed by atoms with van der Waals surface area (Å²) < 4.78 is 5.67. The zero-order valence-electron chi connectivity index (χ0n) is 11.8. The lowest BCUT2D eigenvalue weighted by Crippen LogP contribution is -2.29. The summed E-state index contributed by atoms with van der Waals surface area (Å²) in [5, 5.41) is 10.2. The molecule has 0 radical (unpaired) electrons. The first-order chi connectivity index (χ1) is 9.61. The highest BCUT2D eigenvalue weighted by molar-refractivity contribution is 8.08. The lowest BCUT2D eigenvalue weighted by Gasteiger charge is -2.16. The second kappa shape index (κ2) is 4.88. The average molecular weight is 281 g/mol. The Morgan fingerprint density at radius 2 is 1.90 bits per heavy atom. The van der Waals surface area contributed by atoms with Gasteiger partial charge in [-0.3, -0.25) is 0 Å². The minimum absolute atomic E-state index is 0.713. The van der Waals surface area contributed by atoms with Gasteiger partial charge in [-0.2, -0.15) is 5.26 Å². The number of aryl methyl sites for hydroxylation is 3. The largest absolute Gasteiger partial charge is 0.463 e. The first-order valence-corrected chi connectivity index (χ1v) is 7.52. The molecule has 20 heavy (non-hydrogen) atoms. The van der Waals surface area contributed by atoms with Crippen LogP contribution in [0.1, 0.15) is 22.3 Å². The molecular weight excluding hydrogens is 266 g/mol. The lowest BCUT2D eigenvalue weighted by atomic mass is 9.99. The second-order valence-electron chi connectivity index (χ2n) is 5.15. The maximum atomic E-state index is 9.21. The van der Waals surface area contributed by atoms with Crippen molar-refractivity contribution in [2.24, 2.45) is 0 Å². The molecule has 1 aliphatic rings. The Morgan fingerprint density at radius 1 is 1.20 bits per heavy atom. The third-order valence-corrected chi connectivity index (χ3v) is 4.71. The van der Waals surface area contributed by atoms with Crippen molar-refractivity contribution in [1.29, 1.82) is 5.26 Å². The molecule has 2 aromatic rings. The van der Waals surface area contributed by atoms with Crippen LogP contribution in [0.5, 0.6) is 0 Å². The van der Waals surface area contributed by atoms with Crippen molar-refractivity contribution in [2.75, 3.05) is 5.75 Å². The van der Waals surface area contributed by atoms with Crippen LogP contribution in [0.4, 0.5) is 0 Å². The molecular formula is C17H15NOS. The van der Waals surface area contributed by atoms with E-state index < -0.39 is 0 Å². The Morgan fingerprint density at radius 3 is 2.55 bits per heavy atom. The topological polar surface area (TPSA) is 36.9 Å². The minimum atomic E-state index is 0.713. The summed E-state index contributed by atoms with van der Waals surface area (Å²) in [7, 11) is 0. The number of rotatable bonds is 1. The fraction of sp³-hybridized carbons (Fsp3) is 0.235. The van der Waals surface area contributed by atoms with E-state index in [0.717, 1.165) is 21.1 Å². The van der Waals surface area contributed by atoms with E-state index in [1.807, 2.05) is 6.07 Å². The summed E-state index contributed by atoms with van der Waals surface area (Å²) >= 11 is 1.69.